The highest BCUT2D eigenvalue weighted by Gasteiger charge is 2.08. The number of carbonyl (C=O) groups excluding carboxylic acids is 1. The van der Waals surface area contributed by atoms with E-state index in [-0.39, 0.29) is 5.91 Å². The number of nitrogens with one attached hydrogen (secondary N) is 1. The van der Waals surface area contributed by atoms with Crippen LogP contribution in [-0.2, 0) is 4.79 Å². The van der Waals surface area contributed by atoms with Crippen LogP contribution in [0.15, 0.2) is 63.0 Å². The van der Waals surface area contributed by atoms with Crippen LogP contribution < -0.4 is 5.43 Å². The Kier molecular flexibility index (Phi) is 6.06. The van der Waals surface area contributed by atoms with E-state index in [1.165, 1.54) is 11.8 Å². The highest BCUT2D eigenvalue weighted by molar-refractivity contribution is 9.10. The number of hydrogen-bond donors (Lipinski definition) is 1. The van der Waals surface area contributed by atoms with E-state index in [0.29, 0.717) is 5.75 Å². The van der Waals surface area contributed by atoms with Gasteiger partial charge in [0.05, 0.1) is 17.5 Å². The molecule has 0 saturated heterocycles. The molecule has 26 heavy (non-hydrogen) atoms. The Labute approximate surface area is 165 Å². The van der Waals surface area contributed by atoms with Crippen LogP contribution >= 0.6 is 27.7 Å². The third-order valence-electron chi connectivity index (χ3n) is 3.76. The summed E-state index contributed by atoms with van der Waals surface area (Å²) in [5.74, 6) is 0.156. The molecule has 0 aliphatic carbocycles. The average molecular weight is 428 g/mol. The standard InChI is InChI=1S/C20H18BrN3OS/c1-13-4-3-5-17-18(10-14(2)23-20(13)17)26-12-19(25)24-22-11-15-6-8-16(21)9-7-15/h3-11H,12H2,1-2H3,(H,24,25)/b22-11-. The van der Waals surface area contributed by atoms with E-state index in [1.54, 1.807) is 6.21 Å². The first-order chi connectivity index (χ1) is 12.5. The summed E-state index contributed by atoms with van der Waals surface area (Å²) < 4.78 is 1.00. The van der Waals surface area contributed by atoms with Crippen molar-refractivity contribution in [3.05, 3.63) is 69.8 Å². The van der Waals surface area contributed by atoms with Gasteiger partial charge < -0.3 is 0 Å². The van der Waals surface area contributed by atoms with Gasteiger partial charge in [-0.3, -0.25) is 9.78 Å². The summed E-state index contributed by atoms with van der Waals surface area (Å²) in [4.78, 5) is 17.7. The molecule has 1 heterocycles. The van der Waals surface area contributed by atoms with Crippen LogP contribution in [0.3, 0.4) is 0 Å². The van der Waals surface area contributed by atoms with Crippen molar-refractivity contribution >= 4 is 50.7 Å². The third kappa shape index (κ3) is 4.71. The number of fused-ring (bicyclic) bond motifs is 1. The highest BCUT2D eigenvalue weighted by atomic mass is 79.9. The molecule has 1 amide bonds. The number of carbonyl (C=O) groups is 1. The van der Waals surface area contributed by atoms with E-state index < -0.39 is 0 Å². The van der Waals surface area contributed by atoms with Crippen molar-refractivity contribution in [1.29, 1.82) is 0 Å². The number of nitrogens with zero attached hydrogens (tertiary/aromatic N) is 2. The van der Waals surface area contributed by atoms with E-state index in [9.17, 15) is 4.79 Å². The Morgan fingerprint density at radius 2 is 2.00 bits per heavy atom. The van der Waals surface area contributed by atoms with Crippen LogP contribution in [0, 0.1) is 13.8 Å². The zero-order chi connectivity index (χ0) is 18.5. The summed E-state index contributed by atoms with van der Waals surface area (Å²) in [6.07, 6.45) is 1.63. The lowest BCUT2D eigenvalue weighted by atomic mass is 10.1. The molecule has 3 aromatic rings. The van der Waals surface area contributed by atoms with Gasteiger partial charge in [0.1, 0.15) is 0 Å². The number of thioether (sulfide) groups is 1. The number of rotatable bonds is 5. The monoisotopic (exact) mass is 427 g/mol. The molecule has 2 aromatic carbocycles. The van der Waals surface area contributed by atoms with Gasteiger partial charge in [-0.25, -0.2) is 5.43 Å². The maximum Gasteiger partial charge on any atom is 0.250 e. The molecule has 0 aliphatic heterocycles. The molecule has 3 rings (SSSR count). The average Bonchev–Trinajstić information content (AvgIpc) is 2.62. The Morgan fingerprint density at radius 3 is 2.77 bits per heavy atom. The minimum absolute atomic E-state index is 0.140. The molecule has 0 fully saturated rings. The summed E-state index contributed by atoms with van der Waals surface area (Å²) in [6, 6.07) is 15.8. The van der Waals surface area contributed by atoms with Gasteiger partial charge in [0.15, 0.2) is 0 Å². The number of aryl methyl sites for hydroxylation is 2. The molecular weight excluding hydrogens is 410 g/mol. The molecule has 0 radical (unpaired) electrons. The molecule has 1 aromatic heterocycles. The van der Waals surface area contributed by atoms with Crippen molar-refractivity contribution in [3.8, 4) is 0 Å². The number of para-hydroxylation sites is 1. The van der Waals surface area contributed by atoms with Gasteiger partial charge in [-0.1, -0.05) is 46.3 Å². The van der Waals surface area contributed by atoms with E-state index in [2.05, 4.69) is 31.4 Å². The summed E-state index contributed by atoms with van der Waals surface area (Å²) >= 11 is 4.88. The van der Waals surface area contributed by atoms with E-state index in [1.807, 2.05) is 62.4 Å². The smallest absolute Gasteiger partial charge is 0.250 e. The highest BCUT2D eigenvalue weighted by Crippen LogP contribution is 2.29. The van der Waals surface area contributed by atoms with Gasteiger partial charge >= 0.3 is 0 Å². The van der Waals surface area contributed by atoms with Gasteiger partial charge in [-0.05, 0) is 43.2 Å². The van der Waals surface area contributed by atoms with Crippen molar-refractivity contribution in [2.75, 3.05) is 5.75 Å². The number of hydrazone groups is 1. The van der Waals surface area contributed by atoms with Gasteiger partial charge in [-0.15, -0.1) is 11.8 Å². The van der Waals surface area contributed by atoms with Crippen LogP contribution in [0.1, 0.15) is 16.8 Å². The number of pyridine rings is 1. The first-order valence-electron chi connectivity index (χ1n) is 8.10. The Bertz CT molecular complexity index is 971. The first-order valence-corrected chi connectivity index (χ1v) is 9.88. The van der Waals surface area contributed by atoms with Gasteiger partial charge in [0.2, 0.25) is 5.91 Å². The Morgan fingerprint density at radius 1 is 1.23 bits per heavy atom. The van der Waals surface area contributed by atoms with Crippen molar-refractivity contribution in [1.82, 2.24) is 10.4 Å². The van der Waals surface area contributed by atoms with E-state index in [4.69, 9.17) is 0 Å². The van der Waals surface area contributed by atoms with Crippen molar-refractivity contribution in [3.63, 3.8) is 0 Å². The molecule has 1 N–H and O–H groups in total. The topological polar surface area (TPSA) is 54.4 Å². The number of benzene rings is 2. The Hall–Kier alpha value is -2.18. The van der Waals surface area contributed by atoms with Crippen LogP contribution in [0.5, 0.6) is 0 Å². The minimum atomic E-state index is -0.140. The fraction of sp³-hybridized carbons (Fsp3) is 0.150. The Balaban J connectivity index is 1.64. The lowest BCUT2D eigenvalue weighted by molar-refractivity contribution is -0.118. The van der Waals surface area contributed by atoms with Crippen LogP contribution in [0.2, 0.25) is 0 Å². The van der Waals surface area contributed by atoms with E-state index >= 15 is 0 Å². The predicted molar refractivity (Wildman–Crippen MR) is 112 cm³/mol. The second-order valence-electron chi connectivity index (χ2n) is 5.87. The zero-order valence-corrected chi connectivity index (χ0v) is 16.9. The number of halogens is 1. The molecule has 0 saturated carbocycles. The number of amides is 1. The summed E-state index contributed by atoms with van der Waals surface area (Å²) in [5.41, 5.74) is 6.57. The number of aromatic nitrogens is 1. The quantitative estimate of drug-likeness (QED) is 0.359. The normalized spacial score (nSPS) is 11.2. The lowest BCUT2D eigenvalue weighted by Gasteiger charge is -2.09. The number of hydrogen-bond acceptors (Lipinski definition) is 4. The molecular formula is C20H18BrN3OS. The molecule has 0 unspecified atom stereocenters. The van der Waals surface area contributed by atoms with Crippen LogP contribution in [0.25, 0.3) is 10.9 Å². The predicted octanol–water partition coefficient (Wildman–Crippen LogP) is 4.86. The fourth-order valence-corrected chi connectivity index (χ4v) is 3.69. The zero-order valence-electron chi connectivity index (χ0n) is 14.5. The maximum atomic E-state index is 12.1. The molecule has 0 bridgehead atoms. The van der Waals surface area contributed by atoms with Gasteiger partial charge in [-0.2, -0.15) is 5.10 Å². The second kappa shape index (κ2) is 8.47. The SMILES string of the molecule is Cc1cc(SCC(=O)N/N=C\c2ccc(Br)cc2)c2cccc(C)c2n1. The lowest BCUT2D eigenvalue weighted by Crippen LogP contribution is -2.19. The largest absolute Gasteiger partial charge is 0.272 e. The van der Waals surface area contributed by atoms with Crippen molar-refractivity contribution in [2.24, 2.45) is 5.10 Å². The van der Waals surface area contributed by atoms with Gasteiger partial charge in [0, 0.05) is 20.4 Å². The molecule has 0 aliphatic rings. The van der Waals surface area contributed by atoms with E-state index in [0.717, 1.165) is 37.1 Å². The fourth-order valence-electron chi connectivity index (χ4n) is 2.50. The van der Waals surface area contributed by atoms with Gasteiger partial charge in [0.25, 0.3) is 0 Å². The second-order valence-corrected chi connectivity index (χ2v) is 7.80. The summed E-state index contributed by atoms with van der Waals surface area (Å²) in [7, 11) is 0. The minimum Gasteiger partial charge on any atom is -0.272 e. The maximum absolute atomic E-state index is 12.1. The molecule has 132 valence electrons. The molecule has 4 nitrogen and oxygen atoms in total. The molecule has 0 atom stereocenters. The molecule has 0 spiro atoms. The first kappa shape index (κ1) is 18.6. The summed E-state index contributed by atoms with van der Waals surface area (Å²) in [6.45, 7) is 4.02. The summed E-state index contributed by atoms with van der Waals surface area (Å²) in [5, 5.41) is 5.09. The molecule has 6 heteroatoms. The van der Waals surface area contributed by atoms with Crippen LogP contribution in [0.4, 0.5) is 0 Å². The van der Waals surface area contributed by atoms with Crippen molar-refractivity contribution in [2.45, 2.75) is 18.7 Å². The third-order valence-corrected chi connectivity index (χ3v) is 5.35. The van der Waals surface area contributed by atoms with Crippen LogP contribution in [-0.4, -0.2) is 22.9 Å². The van der Waals surface area contributed by atoms with Crippen molar-refractivity contribution < 1.29 is 4.79 Å².